The molecule has 0 N–H and O–H groups in total. The molecule has 2 aromatic rings. The fourth-order valence-electron chi connectivity index (χ4n) is 3.33. The van der Waals surface area contributed by atoms with E-state index in [-0.39, 0.29) is 25.4 Å². The lowest BCUT2D eigenvalue weighted by atomic mass is 10.1. The number of aromatic nitrogens is 2. The van der Waals surface area contributed by atoms with Gasteiger partial charge in [-0.3, -0.25) is 14.4 Å². The first kappa shape index (κ1) is 17.8. The Morgan fingerprint density at radius 1 is 1.26 bits per heavy atom. The van der Waals surface area contributed by atoms with Crippen molar-refractivity contribution in [1.29, 1.82) is 0 Å². The van der Waals surface area contributed by atoms with Gasteiger partial charge in [0.05, 0.1) is 18.3 Å². The summed E-state index contributed by atoms with van der Waals surface area (Å²) in [5, 5.41) is 4.40. The summed E-state index contributed by atoms with van der Waals surface area (Å²) < 4.78 is 18.7. The molecule has 2 aliphatic rings. The molecule has 0 bridgehead atoms. The number of rotatable bonds is 5. The van der Waals surface area contributed by atoms with Crippen molar-refractivity contribution in [3.05, 3.63) is 41.7 Å². The topological polar surface area (TPSA) is 69.1 Å². The molecule has 0 saturated carbocycles. The number of hydrogen-bond donors (Lipinski definition) is 0. The maximum Gasteiger partial charge on any atom is 0.248 e. The van der Waals surface area contributed by atoms with E-state index in [1.54, 1.807) is 25.2 Å². The molecule has 144 valence electrons. The van der Waals surface area contributed by atoms with E-state index < -0.39 is 0 Å². The lowest BCUT2D eigenvalue weighted by Gasteiger charge is -2.24. The first-order chi connectivity index (χ1) is 13.1. The van der Waals surface area contributed by atoms with E-state index in [1.165, 1.54) is 0 Å². The highest BCUT2D eigenvalue weighted by Crippen LogP contribution is 2.33. The van der Waals surface area contributed by atoms with Crippen molar-refractivity contribution < 1.29 is 19.0 Å². The Bertz CT molecular complexity index is 820. The lowest BCUT2D eigenvalue weighted by Crippen LogP contribution is -2.36. The first-order valence-corrected chi connectivity index (χ1v) is 9.02. The minimum atomic E-state index is -0.107. The molecule has 27 heavy (non-hydrogen) atoms. The predicted molar refractivity (Wildman–Crippen MR) is 97.3 cm³/mol. The van der Waals surface area contributed by atoms with Gasteiger partial charge in [0, 0.05) is 39.9 Å². The number of amides is 1. The van der Waals surface area contributed by atoms with Crippen LogP contribution in [0.4, 0.5) is 0 Å². The van der Waals surface area contributed by atoms with Gasteiger partial charge in [0.15, 0.2) is 11.5 Å². The monoisotopic (exact) mass is 372 g/mol. The van der Waals surface area contributed by atoms with Gasteiger partial charge >= 0.3 is 0 Å². The SMILES string of the molecule is CN(C)C(=O)COC1CN(Cc2ccc3c(c2)OCO3)Cc2ccnn2C1. The summed E-state index contributed by atoms with van der Waals surface area (Å²) in [6.07, 6.45) is 1.70. The van der Waals surface area contributed by atoms with Gasteiger partial charge in [-0.2, -0.15) is 5.10 Å². The van der Waals surface area contributed by atoms with E-state index in [1.807, 2.05) is 22.9 Å². The van der Waals surface area contributed by atoms with Crippen LogP contribution in [0.15, 0.2) is 30.5 Å². The molecule has 1 aromatic heterocycles. The van der Waals surface area contributed by atoms with Gasteiger partial charge in [0.25, 0.3) is 0 Å². The molecule has 1 atom stereocenters. The maximum atomic E-state index is 11.9. The van der Waals surface area contributed by atoms with Gasteiger partial charge in [0.2, 0.25) is 12.7 Å². The summed E-state index contributed by atoms with van der Waals surface area (Å²) in [7, 11) is 3.46. The number of benzene rings is 1. The van der Waals surface area contributed by atoms with Crippen LogP contribution in [0.1, 0.15) is 11.3 Å². The van der Waals surface area contributed by atoms with E-state index in [0.29, 0.717) is 6.54 Å². The van der Waals surface area contributed by atoms with E-state index in [4.69, 9.17) is 14.2 Å². The molecule has 0 fully saturated rings. The molecule has 1 aromatic carbocycles. The normalized spacial score (nSPS) is 18.8. The number of ether oxygens (including phenoxy) is 3. The van der Waals surface area contributed by atoms with E-state index in [0.717, 1.165) is 42.4 Å². The summed E-state index contributed by atoms with van der Waals surface area (Å²) in [4.78, 5) is 15.7. The Hall–Kier alpha value is -2.58. The molecule has 0 radical (unpaired) electrons. The molecule has 1 amide bonds. The average Bonchev–Trinajstić information content (AvgIpc) is 3.25. The third-order valence-electron chi connectivity index (χ3n) is 4.81. The summed E-state index contributed by atoms with van der Waals surface area (Å²) in [6.45, 7) is 3.24. The van der Waals surface area contributed by atoms with Gasteiger partial charge in [-0.05, 0) is 23.8 Å². The standard InChI is InChI=1S/C19H24N4O4/c1-21(2)19(24)12-25-16-10-22(9-15-5-6-20-23(15)11-16)8-14-3-4-17-18(7-14)27-13-26-17/h3-7,16H,8-13H2,1-2H3. The average molecular weight is 372 g/mol. The quantitative estimate of drug-likeness (QED) is 0.783. The van der Waals surface area contributed by atoms with Crippen LogP contribution in [-0.2, 0) is 29.2 Å². The molecule has 0 aliphatic carbocycles. The Morgan fingerprint density at radius 3 is 2.96 bits per heavy atom. The molecule has 8 nitrogen and oxygen atoms in total. The van der Waals surface area contributed by atoms with Gasteiger partial charge in [0.1, 0.15) is 6.61 Å². The Morgan fingerprint density at radius 2 is 2.11 bits per heavy atom. The summed E-state index contributed by atoms with van der Waals surface area (Å²) in [6, 6.07) is 8.06. The maximum absolute atomic E-state index is 11.9. The van der Waals surface area contributed by atoms with Crippen molar-refractivity contribution >= 4 is 5.91 Å². The van der Waals surface area contributed by atoms with E-state index in [2.05, 4.69) is 16.1 Å². The minimum Gasteiger partial charge on any atom is -0.454 e. The highest BCUT2D eigenvalue weighted by molar-refractivity contribution is 5.76. The zero-order valence-corrected chi connectivity index (χ0v) is 15.6. The Labute approximate surface area is 158 Å². The largest absolute Gasteiger partial charge is 0.454 e. The number of fused-ring (bicyclic) bond motifs is 2. The Balaban J connectivity index is 1.47. The van der Waals surface area contributed by atoms with Gasteiger partial charge in [-0.1, -0.05) is 6.07 Å². The zero-order valence-electron chi connectivity index (χ0n) is 15.6. The van der Waals surface area contributed by atoms with Crippen molar-refractivity contribution in [1.82, 2.24) is 19.6 Å². The number of carbonyl (C=O) groups excluding carboxylic acids is 1. The highest BCUT2D eigenvalue weighted by atomic mass is 16.7. The van der Waals surface area contributed by atoms with Crippen molar-refractivity contribution in [2.45, 2.75) is 25.7 Å². The van der Waals surface area contributed by atoms with Crippen LogP contribution in [0.2, 0.25) is 0 Å². The van der Waals surface area contributed by atoms with Crippen LogP contribution in [0.3, 0.4) is 0 Å². The Kier molecular flexibility index (Phi) is 5.00. The number of nitrogens with zero attached hydrogens (tertiary/aromatic N) is 4. The van der Waals surface area contributed by atoms with Gasteiger partial charge < -0.3 is 19.1 Å². The molecule has 0 spiro atoms. The molecule has 4 rings (SSSR count). The number of carbonyl (C=O) groups is 1. The predicted octanol–water partition coefficient (Wildman–Crippen LogP) is 1.10. The fourth-order valence-corrected chi connectivity index (χ4v) is 3.33. The molecule has 3 heterocycles. The van der Waals surface area contributed by atoms with Gasteiger partial charge in [-0.25, -0.2) is 0 Å². The van der Waals surface area contributed by atoms with Crippen molar-refractivity contribution in [3.8, 4) is 11.5 Å². The van der Waals surface area contributed by atoms with Crippen LogP contribution >= 0.6 is 0 Å². The highest BCUT2D eigenvalue weighted by Gasteiger charge is 2.24. The van der Waals surface area contributed by atoms with Crippen LogP contribution in [-0.4, -0.2) is 65.6 Å². The molecule has 0 saturated heterocycles. The fraction of sp³-hybridized carbons (Fsp3) is 0.474. The summed E-state index contributed by atoms with van der Waals surface area (Å²) >= 11 is 0. The van der Waals surface area contributed by atoms with Crippen LogP contribution in [0.25, 0.3) is 0 Å². The lowest BCUT2D eigenvalue weighted by molar-refractivity contribution is -0.136. The third kappa shape index (κ3) is 4.06. The minimum absolute atomic E-state index is 0.0396. The molecule has 8 heteroatoms. The molecule has 1 unspecified atom stereocenters. The second kappa shape index (κ2) is 7.58. The molecular formula is C19H24N4O4. The van der Waals surface area contributed by atoms with Crippen molar-refractivity contribution in [2.75, 3.05) is 34.0 Å². The molecule has 2 aliphatic heterocycles. The van der Waals surface area contributed by atoms with Crippen molar-refractivity contribution in [3.63, 3.8) is 0 Å². The summed E-state index contributed by atoms with van der Waals surface area (Å²) in [5.41, 5.74) is 2.29. The smallest absolute Gasteiger partial charge is 0.248 e. The summed E-state index contributed by atoms with van der Waals surface area (Å²) in [5.74, 6) is 1.54. The third-order valence-corrected chi connectivity index (χ3v) is 4.81. The van der Waals surface area contributed by atoms with Crippen LogP contribution in [0, 0.1) is 0 Å². The second-order valence-corrected chi connectivity index (χ2v) is 7.08. The second-order valence-electron chi connectivity index (χ2n) is 7.08. The van der Waals surface area contributed by atoms with Crippen LogP contribution in [0.5, 0.6) is 11.5 Å². The first-order valence-electron chi connectivity index (χ1n) is 9.02. The molecular weight excluding hydrogens is 348 g/mol. The number of likely N-dealkylation sites (N-methyl/N-ethyl adjacent to an activating group) is 1. The number of hydrogen-bond acceptors (Lipinski definition) is 6. The van der Waals surface area contributed by atoms with Crippen molar-refractivity contribution in [2.24, 2.45) is 0 Å². The van der Waals surface area contributed by atoms with Gasteiger partial charge in [-0.15, -0.1) is 0 Å². The van der Waals surface area contributed by atoms with E-state index >= 15 is 0 Å². The van der Waals surface area contributed by atoms with E-state index in [9.17, 15) is 4.79 Å². The zero-order chi connectivity index (χ0) is 18.8. The van der Waals surface area contributed by atoms with Crippen LogP contribution < -0.4 is 9.47 Å².